The summed E-state index contributed by atoms with van der Waals surface area (Å²) in [6, 6.07) is 15.8. The van der Waals surface area contributed by atoms with Gasteiger partial charge >= 0.3 is 0 Å². The lowest BCUT2D eigenvalue weighted by molar-refractivity contribution is 0.102. The highest BCUT2D eigenvalue weighted by Gasteiger charge is 2.23. The lowest BCUT2D eigenvalue weighted by atomic mass is 9.81. The number of anilines is 4. The average molecular weight is 516 g/mol. The van der Waals surface area contributed by atoms with Gasteiger partial charge in [0.1, 0.15) is 5.82 Å². The predicted molar refractivity (Wildman–Crippen MR) is 159 cm³/mol. The number of hydrogen-bond acceptors (Lipinski definition) is 6. The Labute approximate surface area is 225 Å². The molecule has 0 bridgehead atoms. The normalized spacial score (nSPS) is 11.9. The number of hydrogen-bond donors (Lipinski definition) is 5. The van der Waals surface area contributed by atoms with Crippen molar-refractivity contribution in [2.75, 3.05) is 22.5 Å². The van der Waals surface area contributed by atoms with E-state index >= 15 is 0 Å². The number of carbonyl (C=O) groups is 1. The van der Waals surface area contributed by atoms with E-state index in [0.29, 0.717) is 17.4 Å². The number of fused-ring (bicyclic) bond motifs is 1. The third kappa shape index (κ3) is 7.10. The Bertz CT molecular complexity index is 1350. The molecule has 0 aliphatic heterocycles. The Balaban J connectivity index is 0.00000127. The summed E-state index contributed by atoms with van der Waals surface area (Å²) >= 11 is 0. The first-order chi connectivity index (χ1) is 18.2. The maximum absolute atomic E-state index is 13.3. The zero-order chi connectivity index (χ0) is 27.7. The predicted octanol–water partition coefficient (Wildman–Crippen LogP) is 6.82. The van der Waals surface area contributed by atoms with Gasteiger partial charge in [-0.25, -0.2) is 4.98 Å². The van der Waals surface area contributed by atoms with Crippen LogP contribution in [0.2, 0.25) is 0 Å². The lowest BCUT2D eigenvalue weighted by Crippen LogP contribution is -2.22. The van der Waals surface area contributed by atoms with Crippen LogP contribution in [0.4, 0.5) is 22.9 Å². The number of rotatable bonds is 9. The second-order valence-electron chi connectivity index (χ2n) is 10.0. The molecule has 2 aromatic carbocycles. The van der Waals surface area contributed by atoms with E-state index in [1.165, 1.54) is 5.56 Å². The van der Waals surface area contributed by atoms with E-state index in [1.807, 2.05) is 37.3 Å². The van der Waals surface area contributed by atoms with E-state index in [9.17, 15) is 4.79 Å². The highest BCUT2D eigenvalue weighted by Crippen LogP contribution is 2.35. The van der Waals surface area contributed by atoms with Gasteiger partial charge in [-0.1, -0.05) is 40.7 Å². The highest BCUT2D eigenvalue weighted by molar-refractivity contribution is 6.08. The zero-order valence-electron chi connectivity index (χ0n) is 23.4. The number of nitrogens with zero attached hydrogens (tertiary/aromatic N) is 2. The molecule has 1 atom stereocenters. The van der Waals surface area contributed by atoms with Gasteiger partial charge in [-0.2, -0.15) is 5.10 Å². The molecule has 4 aromatic rings. The van der Waals surface area contributed by atoms with Crippen molar-refractivity contribution in [1.29, 1.82) is 0 Å². The van der Waals surface area contributed by atoms with Crippen LogP contribution in [0.5, 0.6) is 0 Å². The number of pyridine rings is 1. The van der Waals surface area contributed by atoms with Crippen molar-refractivity contribution in [3.63, 3.8) is 0 Å². The van der Waals surface area contributed by atoms with Crippen molar-refractivity contribution in [3.8, 4) is 0 Å². The van der Waals surface area contributed by atoms with Crippen LogP contribution in [-0.2, 0) is 5.41 Å². The standard InChI is InChI=1S/C28H34N6O.C2H7N/c1-6-18(3)31-25-16-21(12-13-23(25)28(4,5)7-2)33-27(35)22-9-8-14-29-26(22)32-20-11-10-19-17-30-34-24(19)15-20;1-2-3/h8-18,31H,6-7H2,1-5H3,(H,29,32)(H,30,34)(H,33,35);2-3H2,1H3. The van der Waals surface area contributed by atoms with E-state index in [1.54, 1.807) is 24.5 Å². The SMILES string of the molecule is CCC(C)Nc1cc(NC(=O)c2cccnc2Nc2ccc3cn[nH]c3c2)ccc1C(C)(C)CC.CCN. The molecule has 0 saturated carbocycles. The molecule has 0 aliphatic carbocycles. The third-order valence-electron chi connectivity index (χ3n) is 6.66. The molecule has 0 radical (unpaired) electrons. The molecule has 8 nitrogen and oxygen atoms in total. The van der Waals surface area contributed by atoms with Crippen molar-refractivity contribution >= 4 is 39.7 Å². The Morgan fingerprint density at radius 2 is 1.82 bits per heavy atom. The van der Waals surface area contributed by atoms with Crippen LogP contribution in [-0.4, -0.2) is 33.7 Å². The van der Waals surface area contributed by atoms with Gasteiger partial charge in [-0.3, -0.25) is 9.89 Å². The molecule has 2 aromatic heterocycles. The second kappa shape index (κ2) is 13.1. The zero-order valence-corrected chi connectivity index (χ0v) is 23.4. The van der Waals surface area contributed by atoms with Crippen LogP contribution in [0.1, 0.15) is 70.3 Å². The van der Waals surface area contributed by atoms with E-state index in [-0.39, 0.29) is 11.3 Å². The van der Waals surface area contributed by atoms with E-state index in [0.717, 1.165) is 47.4 Å². The molecule has 0 aliphatic rings. The smallest absolute Gasteiger partial charge is 0.259 e. The average Bonchev–Trinajstić information content (AvgIpc) is 3.37. The molecule has 0 fully saturated rings. The topological polar surface area (TPSA) is 121 Å². The van der Waals surface area contributed by atoms with Crippen LogP contribution in [0, 0.1) is 0 Å². The van der Waals surface area contributed by atoms with Crippen LogP contribution < -0.4 is 21.7 Å². The summed E-state index contributed by atoms with van der Waals surface area (Å²) in [5, 5.41) is 18.0. The number of nitrogens with one attached hydrogen (secondary N) is 4. The number of amides is 1. The lowest BCUT2D eigenvalue weighted by Gasteiger charge is -2.28. The number of aromatic nitrogens is 3. The molecule has 1 amide bonds. The maximum atomic E-state index is 13.3. The quantitative estimate of drug-likeness (QED) is 0.167. The number of H-pyrrole nitrogens is 1. The Morgan fingerprint density at radius 3 is 2.53 bits per heavy atom. The second-order valence-corrected chi connectivity index (χ2v) is 10.0. The first kappa shape index (κ1) is 28.7. The molecule has 1 unspecified atom stereocenters. The first-order valence-electron chi connectivity index (χ1n) is 13.3. The number of carbonyl (C=O) groups excluding carboxylic acids is 1. The van der Waals surface area contributed by atoms with Gasteiger partial charge in [0.15, 0.2) is 0 Å². The molecule has 202 valence electrons. The molecule has 0 saturated heterocycles. The van der Waals surface area contributed by atoms with E-state index in [2.05, 4.69) is 71.8 Å². The minimum absolute atomic E-state index is 0.0224. The van der Waals surface area contributed by atoms with Crippen molar-refractivity contribution in [2.45, 2.75) is 65.8 Å². The molecule has 4 rings (SSSR count). The van der Waals surface area contributed by atoms with Crippen molar-refractivity contribution in [3.05, 3.63) is 72.1 Å². The Morgan fingerprint density at radius 1 is 1.08 bits per heavy atom. The summed E-state index contributed by atoms with van der Waals surface area (Å²) in [4.78, 5) is 17.7. The molecular formula is C30H41N7O. The van der Waals surface area contributed by atoms with Gasteiger partial charge in [0.2, 0.25) is 0 Å². The van der Waals surface area contributed by atoms with Crippen molar-refractivity contribution in [2.24, 2.45) is 5.73 Å². The monoisotopic (exact) mass is 515 g/mol. The fourth-order valence-electron chi connectivity index (χ4n) is 3.93. The summed E-state index contributed by atoms with van der Waals surface area (Å²) in [7, 11) is 0. The summed E-state index contributed by atoms with van der Waals surface area (Å²) in [6.07, 6.45) is 5.47. The first-order valence-corrected chi connectivity index (χ1v) is 13.3. The van der Waals surface area contributed by atoms with Crippen molar-refractivity contribution in [1.82, 2.24) is 15.2 Å². The number of benzene rings is 2. The van der Waals surface area contributed by atoms with Gasteiger partial charge in [-0.05, 0) is 79.8 Å². The fourth-order valence-corrected chi connectivity index (χ4v) is 3.93. The van der Waals surface area contributed by atoms with Crippen LogP contribution in [0.25, 0.3) is 10.9 Å². The van der Waals surface area contributed by atoms with Gasteiger partial charge in [0.25, 0.3) is 5.91 Å². The molecule has 38 heavy (non-hydrogen) atoms. The largest absolute Gasteiger partial charge is 0.382 e. The highest BCUT2D eigenvalue weighted by atomic mass is 16.1. The summed E-state index contributed by atoms with van der Waals surface area (Å²) in [5.74, 6) is 0.269. The van der Waals surface area contributed by atoms with Gasteiger partial charge in [0.05, 0.1) is 17.3 Å². The molecular weight excluding hydrogens is 474 g/mol. The molecule has 8 heteroatoms. The van der Waals surface area contributed by atoms with E-state index in [4.69, 9.17) is 5.73 Å². The molecule has 6 N–H and O–H groups in total. The van der Waals surface area contributed by atoms with Crippen LogP contribution in [0.15, 0.2) is 60.9 Å². The molecule has 2 heterocycles. The van der Waals surface area contributed by atoms with Crippen LogP contribution >= 0.6 is 0 Å². The Kier molecular flexibility index (Phi) is 9.85. The molecule has 0 spiro atoms. The van der Waals surface area contributed by atoms with Gasteiger partial charge in [-0.15, -0.1) is 0 Å². The number of aromatic amines is 1. The minimum Gasteiger partial charge on any atom is -0.382 e. The van der Waals surface area contributed by atoms with E-state index < -0.39 is 0 Å². The van der Waals surface area contributed by atoms with Gasteiger partial charge in [0, 0.05) is 34.7 Å². The fraction of sp³-hybridized carbons (Fsp3) is 0.367. The van der Waals surface area contributed by atoms with Crippen molar-refractivity contribution < 1.29 is 4.79 Å². The minimum atomic E-state index is -0.222. The maximum Gasteiger partial charge on any atom is 0.259 e. The van der Waals surface area contributed by atoms with Gasteiger partial charge < -0.3 is 21.7 Å². The number of nitrogens with two attached hydrogens (primary N) is 1. The van der Waals surface area contributed by atoms with Crippen LogP contribution in [0.3, 0.4) is 0 Å². The third-order valence-corrected chi connectivity index (χ3v) is 6.66. The summed E-state index contributed by atoms with van der Waals surface area (Å²) in [5.41, 5.74) is 10.1. The summed E-state index contributed by atoms with van der Waals surface area (Å²) in [6.45, 7) is 13.7. The summed E-state index contributed by atoms with van der Waals surface area (Å²) < 4.78 is 0. The Hall–Kier alpha value is -3.91.